The fraction of sp³-hybridized carbons (Fsp3) is 1.00. The second-order valence-corrected chi connectivity index (χ2v) is 5.14. The zero-order valence-electron chi connectivity index (χ0n) is 4.94. The van der Waals surface area contributed by atoms with Gasteiger partial charge in [0.05, 0.1) is 0 Å². The standard InChI is InChI=1S/C5H12STe/c1-6-4-3-5-7-2/h3-5H2,1-2H3. The molecule has 0 nitrogen and oxygen atoms in total. The van der Waals surface area contributed by atoms with Gasteiger partial charge < -0.3 is 0 Å². The molecular weight excluding hydrogens is 220 g/mol. The number of thioether (sulfide) groups is 1. The first kappa shape index (κ1) is 8.14. The number of hydrogen-bond acceptors (Lipinski definition) is 1. The Morgan fingerprint density at radius 1 is 1.57 bits per heavy atom. The molecule has 0 amide bonds. The maximum atomic E-state index is 2.37. The summed E-state index contributed by atoms with van der Waals surface area (Å²) in [5.74, 6) is 1.37. The summed E-state index contributed by atoms with van der Waals surface area (Å²) in [5, 5.41) is 0. The van der Waals surface area contributed by atoms with Crippen LogP contribution in [0.2, 0.25) is 9.44 Å². The molecule has 0 atom stereocenters. The zero-order chi connectivity index (χ0) is 5.54. The molecule has 0 unspecified atom stereocenters. The van der Waals surface area contributed by atoms with Crippen molar-refractivity contribution in [2.45, 2.75) is 15.9 Å². The third kappa shape index (κ3) is 7.14. The summed E-state index contributed by atoms with van der Waals surface area (Å²) in [6, 6.07) is 0. The van der Waals surface area contributed by atoms with Crippen molar-refractivity contribution >= 4 is 32.7 Å². The van der Waals surface area contributed by atoms with E-state index in [0.717, 1.165) is 0 Å². The molecule has 2 heteroatoms. The predicted octanol–water partition coefficient (Wildman–Crippen LogP) is 1.91. The quantitative estimate of drug-likeness (QED) is 0.526. The Kier molecular flexibility index (Phi) is 8.30. The van der Waals surface area contributed by atoms with E-state index in [0.29, 0.717) is 20.9 Å². The zero-order valence-corrected chi connectivity index (χ0v) is 8.08. The monoisotopic (exact) mass is 234 g/mol. The second-order valence-electron chi connectivity index (χ2n) is 1.34. The molecule has 0 N–H and O–H groups in total. The van der Waals surface area contributed by atoms with Crippen molar-refractivity contribution in [1.82, 2.24) is 0 Å². The van der Waals surface area contributed by atoms with Crippen LogP contribution in [-0.2, 0) is 0 Å². The molecule has 0 aromatic carbocycles. The van der Waals surface area contributed by atoms with Gasteiger partial charge in [0, 0.05) is 0 Å². The van der Waals surface area contributed by atoms with Crippen LogP contribution in [0.15, 0.2) is 0 Å². The van der Waals surface area contributed by atoms with Gasteiger partial charge in [0.15, 0.2) is 0 Å². The first-order valence-electron chi connectivity index (χ1n) is 2.39. The van der Waals surface area contributed by atoms with E-state index in [1.807, 2.05) is 11.8 Å². The molecule has 0 aromatic heterocycles. The van der Waals surface area contributed by atoms with E-state index in [1.54, 1.807) is 0 Å². The van der Waals surface area contributed by atoms with Crippen LogP contribution in [0.4, 0.5) is 0 Å². The molecule has 0 aliphatic carbocycles. The number of hydrogen-bond donors (Lipinski definition) is 0. The molecule has 0 bridgehead atoms. The Hall–Kier alpha value is 1.14. The normalized spacial score (nSPS) is 9.43. The SMILES string of the molecule is CSCCC[Te]C. The minimum absolute atomic E-state index is 0.442. The molecule has 0 spiro atoms. The van der Waals surface area contributed by atoms with Crippen molar-refractivity contribution in [3.8, 4) is 0 Å². The van der Waals surface area contributed by atoms with Gasteiger partial charge in [-0.05, 0) is 0 Å². The average molecular weight is 232 g/mol. The van der Waals surface area contributed by atoms with Gasteiger partial charge in [0.25, 0.3) is 0 Å². The first-order valence-corrected chi connectivity index (χ1v) is 7.77. The van der Waals surface area contributed by atoms with Crippen LogP contribution in [0.5, 0.6) is 0 Å². The van der Waals surface area contributed by atoms with Gasteiger partial charge in [-0.3, -0.25) is 0 Å². The third-order valence-corrected chi connectivity index (χ3v) is 3.38. The average Bonchev–Trinajstić information content (AvgIpc) is 1.69. The van der Waals surface area contributed by atoms with Gasteiger partial charge in [-0.25, -0.2) is 0 Å². The van der Waals surface area contributed by atoms with Crippen LogP contribution >= 0.6 is 11.8 Å². The van der Waals surface area contributed by atoms with Gasteiger partial charge in [0.2, 0.25) is 0 Å². The van der Waals surface area contributed by atoms with Gasteiger partial charge in [-0.2, -0.15) is 0 Å². The molecule has 0 heterocycles. The summed E-state index contributed by atoms with van der Waals surface area (Å²) in [6.07, 6.45) is 3.64. The van der Waals surface area contributed by atoms with Crippen molar-refractivity contribution < 1.29 is 0 Å². The van der Waals surface area contributed by atoms with E-state index in [4.69, 9.17) is 0 Å². The molecule has 0 rings (SSSR count). The maximum absolute atomic E-state index is 2.37. The van der Waals surface area contributed by atoms with E-state index in [1.165, 1.54) is 16.6 Å². The Morgan fingerprint density at radius 3 is 2.71 bits per heavy atom. The minimum atomic E-state index is 0.442. The van der Waals surface area contributed by atoms with Crippen molar-refractivity contribution in [3.05, 3.63) is 0 Å². The summed E-state index contributed by atoms with van der Waals surface area (Å²) < 4.78 is 1.53. The molecular formula is C5H12STe. The molecule has 0 aliphatic heterocycles. The molecule has 0 radical (unpaired) electrons. The Morgan fingerprint density at radius 2 is 2.29 bits per heavy atom. The van der Waals surface area contributed by atoms with Crippen LogP contribution in [0.1, 0.15) is 6.42 Å². The molecule has 0 aliphatic rings. The summed E-state index contributed by atoms with van der Waals surface area (Å²) >= 11 is 2.40. The summed E-state index contributed by atoms with van der Waals surface area (Å²) in [6.45, 7) is 0. The van der Waals surface area contributed by atoms with Crippen LogP contribution in [0.25, 0.3) is 0 Å². The van der Waals surface area contributed by atoms with Gasteiger partial charge in [-0.15, -0.1) is 0 Å². The van der Waals surface area contributed by atoms with Crippen LogP contribution < -0.4 is 0 Å². The molecule has 0 aromatic rings. The second kappa shape index (κ2) is 7.14. The van der Waals surface area contributed by atoms with Crippen molar-refractivity contribution in [2.24, 2.45) is 0 Å². The molecule has 44 valence electrons. The van der Waals surface area contributed by atoms with Crippen molar-refractivity contribution in [3.63, 3.8) is 0 Å². The van der Waals surface area contributed by atoms with Crippen LogP contribution in [-0.4, -0.2) is 32.9 Å². The van der Waals surface area contributed by atoms with E-state index in [-0.39, 0.29) is 0 Å². The number of rotatable bonds is 4. The van der Waals surface area contributed by atoms with Crippen molar-refractivity contribution in [2.75, 3.05) is 12.0 Å². The molecule has 0 fully saturated rings. The predicted molar refractivity (Wildman–Crippen MR) is 39.4 cm³/mol. The van der Waals surface area contributed by atoms with E-state index in [9.17, 15) is 0 Å². The van der Waals surface area contributed by atoms with Crippen LogP contribution in [0, 0.1) is 0 Å². The molecule has 0 saturated heterocycles. The Bertz CT molecular complexity index is 27.3. The topological polar surface area (TPSA) is 0 Å². The Labute approximate surface area is 60.5 Å². The third-order valence-electron chi connectivity index (χ3n) is 0.697. The van der Waals surface area contributed by atoms with Gasteiger partial charge in [0.1, 0.15) is 0 Å². The fourth-order valence-corrected chi connectivity index (χ4v) is 2.59. The van der Waals surface area contributed by atoms with E-state index >= 15 is 0 Å². The van der Waals surface area contributed by atoms with E-state index < -0.39 is 0 Å². The molecule has 7 heavy (non-hydrogen) atoms. The van der Waals surface area contributed by atoms with Gasteiger partial charge >= 0.3 is 60.6 Å². The summed E-state index contributed by atoms with van der Waals surface area (Å²) in [4.78, 5) is 2.37. The first-order chi connectivity index (χ1) is 3.41. The van der Waals surface area contributed by atoms with Gasteiger partial charge in [-0.1, -0.05) is 0 Å². The fourth-order valence-electron chi connectivity index (χ4n) is 0.348. The van der Waals surface area contributed by atoms with Crippen molar-refractivity contribution in [1.29, 1.82) is 0 Å². The molecule has 0 saturated carbocycles. The van der Waals surface area contributed by atoms with E-state index in [2.05, 4.69) is 11.2 Å². The summed E-state index contributed by atoms with van der Waals surface area (Å²) in [5.41, 5.74) is 0. The summed E-state index contributed by atoms with van der Waals surface area (Å²) in [7, 11) is 0. The van der Waals surface area contributed by atoms with Crippen LogP contribution in [0.3, 0.4) is 0 Å². The Balaban J connectivity index is 2.45.